The minimum Gasteiger partial charge on any atom is -0.508 e. The average Bonchev–Trinajstić information content (AvgIpc) is 2.91. The molecule has 2 rings (SSSR count). The van der Waals surface area contributed by atoms with E-state index in [1.807, 2.05) is 0 Å². The third-order valence-electron chi connectivity index (χ3n) is 3.93. The molecule has 2 atom stereocenters. The molecule has 0 saturated carbocycles. The zero-order valence-electron chi connectivity index (χ0n) is 11.4. The Morgan fingerprint density at radius 1 is 1.33 bits per heavy atom. The molecule has 0 amide bonds. The van der Waals surface area contributed by atoms with Crippen molar-refractivity contribution in [2.45, 2.75) is 38.8 Å². The van der Waals surface area contributed by atoms with Crippen molar-refractivity contribution in [3.8, 4) is 5.75 Å². The Kier molecular flexibility index (Phi) is 4.61. The van der Waals surface area contributed by atoms with Gasteiger partial charge in [-0.05, 0) is 43.6 Å². The molecule has 1 saturated heterocycles. The zero-order chi connectivity index (χ0) is 13.0. The first-order valence-electron chi connectivity index (χ1n) is 7.01. The van der Waals surface area contributed by atoms with Crippen LogP contribution in [0.1, 0.15) is 38.3 Å². The molecule has 0 spiro atoms. The van der Waals surface area contributed by atoms with Gasteiger partial charge in [-0.1, -0.05) is 26.0 Å². The predicted octanol–water partition coefficient (Wildman–Crippen LogP) is 2.53. The molecule has 1 aliphatic rings. The van der Waals surface area contributed by atoms with Crippen LogP contribution in [0.4, 0.5) is 0 Å². The lowest BCUT2D eigenvalue weighted by Gasteiger charge is -2.35. The summed E-state index contributed by atoms with van der Waals surface area (Å²) in [5.74, 6) is 0.346. The van der Waals surface area contributed by atoms with E-state index in [4.69, 9.17) is 0 Å². The summed E-state index contributed by atoms with van der Waals surface area (Å²) in [4.78, 5) is 2.59. The van der Waals surface area contributed by atoms with Gasteiger partial charge in [0, 0.05) is 18.6 Å². The molecule has 0 bridgehead atoms. The number of hydrogen-bond donors (Lipinski definition) is 2. The molecule has 0 aliphatic carbocycles. The van der Waals surface area contributed by atoms with Crippen LogP contribution in [0.15, 0.2) is 24.3 Å². The fourth-order valence-electron chi connectivity index (χ4n) is 3.01. The summed E-state index contributed by atoms with van der Waals surface area (Å²) >= 11 is 0. The summed E-state index contributed by atoms with van der Waals surface area (Å²) in [6.45, 7) is 7.78. The number of hydrogen-bond acceptors (Lipinski definition) is 3. The van der Waals surface area contributed by atoms with Crippen LogP contribution in [-0.4, -0.2) is 35.7 Å². The summed E-state index contributed by atoms with van der Waals surface area (Å²) in [6.07, 6.45) is 2.34. The van der Waals surface area contributed by atoms with Gasteiger partial charge in [0.2, 0.25) is 0 Å². The maximum atomic E-state index is 9.39. The Hall–Kier alpha value is -1.06. The first kappa shape index (κ1) is 13.4. The van der Waals surface area contributed by atoms with Crippen molar-refractivity contribution in [1.29, 1.82) is 0 Å². The van der Waals surface area contributed by atoms with Crippen LogP contribution in [-0.2, 0) is 0 Å². The minimum atomic E-state index is 0.346. The number of nitrogens with zero attached hydrogens (tertiary/aromatic N) is 1. The summed E-state index contributed by atoms with van der Waals surface area (Å²) in [6, 6.07) is 8.79. The van der Waals surface area contributed by atoms with E-state index in [-0.39, 0.29) is 0 Å². The molecule has 3 nitrogen and oxygen atoms in total. The van der Waals surface area contributed by atoms with Crippen LogP contribution in [0, 0.1) is 0 Å². The number of phenols is 1. The Balaban J connectivity index is 2.17. The Labute approximate surface area is 110 Å². The van der Waals surface area contributed by atoms with Gasteiger partial charge >= 0.3 is 0 Å². The predicted molar refractivity (Wildman–Crippen MR) is 74.8 cm³/mol. The molecule has 2 N–H and O–H groups in total. The van der Waals surface area contributed by atoms with Crippen LogP contribution in [0.2, 0.25) is 0 Å². The second-order valence-electron chi connectivity index (χ2n) is 4.99. The van der Waals surface area contributed by atoms with Gasteiger partial charge in [-0.2, -0.15) is 0 Å². The lowest BCUT2D eigenvalue weighted by atomic mass is 10.00. The van der Waals surface area contributed by atoms with Gasteiger partial charge < -0.3 is 10.4 Å². The van der Waals surface area contributed by atoms with E-state index in [9.17, 15) is 5.11 Å². The van der Waals surface area contributed by atoms with Gasteiger partial charge in [0.15, 0.2) is 0 Å². The topological polar surface area (TPSA) is 35.5 Å². The van der Waals surface area contributed by atoms with Crippen molar-refractivity contribution < 1.29 is 5.11 Å². The Morgan fingerprint density at radius 3 is 2.56 bits per heavy atom. The van der Waals surface area contributed by atoms with Gasteiger partial charge in [-0.3, -0.25) is 4.90 Å². The van der Waals surface area contributed by atoms with Crippen molar-refractivity contribution in [2.75, 3.05) is 19.6 Å². The van der Waals surface area contributed by atoms with E-state index < -0.39 is 0 Å². The second kappa shape index (κ2) is 6.21. The van der Waals surface area contributed by atoms with Gasteiger partial charge in [0.1, 0.15) is 5.75 Å². The third-order valence-corrected chi connectivity index (χ3v) is 3.93. The highest BCUT2D eigenvalue weighted by atomic mass is 16.3. The van der Waals surface area contributed by atoms with Gasteiger partial charge in [-0.25, -0.2) is 0 Å². The fraction of sp³-hybridized carbons (Fsp3) is 0.600. The molecule has 0 aromatic heterocycles. The van der Waals surface area contributed by atoms with E-state index >= 15 is 0 Å². The number of benzene rings is 1. The molecule has 1 aromatic carbocycles. The molecule has 2 unspecified atom stereocenters. The third kappa shape index (κ3) is 2.85. The number of nitrogens with one attached hydrogen (secondary N) is 1. The molecule has 1 fully saturated rings. The Bertz CT molecular complexity index is 357. The maximum Gasteiger partial charge on any atom is 0.115 e. The quantitative estimate of drug-likeness (QED) is 0.840. The second-order valence-corrected chi connectivity index (χ2v) is 4.99. The van der Waals surface area contributed by atoms with Crippen LogP contribution in [0.25, 0.3) is 0 Å². The molecule has 18 heavy (non-hydrogen) atoms. The molecule has 3 heteroatoms. The van der Waals surface area contributed by atoms with E-state index in [0.29, 0.717) is 17.8 Å². The SMILES string of the molecule is CCC(c1ccc(O)cc1)N(CC)C1CCNC1. The summed E-state index contributed by atoms with van der Waals surface area (Å²) in [5.41, 5.74) is 1.31. The van der Waals surface area contributed by atoms with Crippen LogP contribution in [0.3, 0.4) is 0 Å². The lowest BCUT2D eigenvalue weighted by Crippen LogP contribution is -2.39. The van der Waals surface area contributed by atoms with Gasteiger partial charge in [0.05, 0.1) is 0 Å². The normalized spacial score (nSPS) is 21.4. The van der Waals surface area contributed by atoms with E-state index in [1.54, 1.807) is 12.1 Å². The Morgan fingerprint density at radius 2 is 2.06 bits per heavy atom. The van der Waals surface area contributed by atoms with Crippen LogP contribution >= 0.6 is 0 Å². The number of rotatable bonds is 5. The van der Waals surface area contributed by atoms with Gasteiger partial charge in [0.25, 0.3) is 0 Å². The molecule has 100 valence electrons. The average molecular weight is 248 g/mol. The molecular formula is C15H24N2O. The molecule has 1 aliphatic heterocycles. The molecule has 1 aromatic rings. The molecule has 1 heterocycles. The summed E-state index contributed by atoms with van der Waals surface area (Å²) in [5, 5.41) is 12.8. The van der Waals surface area contributed by atoms with Gasteiger partial charge in [-0.15, -0.1) is 0 Å². The van der Waals surface area contributed by atoms with Crippen LogP contribution < -0.4 is 5.32 Å². The van der Waals surface area contributed by atoms with Crippen molar-refractivity contribution in [3.63, 3.8) is 0 Å². The monoisotopic (exact) mass is 248 g/mol. The highest BCUT2D eigenvalue weighted by molar-refractivity contribution is 5.28. The summed E-state index contributed by atoms with van der Waals surface area (Å²) in [7, 11) is 0. The minimum absolute atomic E-state index is 0.346. The largest absolute Gasteiger partial charge is 0.508 e. The van der Waals surface area contributed by atoms with Crippen molar-refractivity contribution in [3.05, 3.63) is 29.8 Å². The van der Waals surface area contributed by atoms with E-state index in [1.165, 1.54) is 12.0 Å². The van der Waals surface area contributed by atoms with Crippen molar-refractivity contribution >= 4 is 0 Å². The maximum absolute atomic E-state index is 9.39. The van der Waals surface area contributed by atoms with Crippen molar-refractivity contribution in [2.24, 2.45) is 0 Å². The first-order chi connectivity index (χ1) is 8.76. The number of likely N-dealkylation sites (N-methyl/N-ethyl adjacent to an activating group) is 1. The summed E-state index contributed by atoms with van der Waals surface area (Å²) < 4.78 is 0. The standard InChI is InChI=1S/C15H24N2O/c1-3-15(12-5-7-14(18)8-6-12)17(4-2)13-9-10-16-11-13/h5-8,13,15-16,18H,3-4,9-11H2,1-2H3. The highest BCUT2D eigenvalue weighted by Crippen LogP contribution is 2.28. The number of phenolic OH excluding ortho intramolecular Hbond substituents is 1. The smallest absolute Gasteiger partial charge is 0.115 e. The first-order valence-corrected chi connectivity index (χ1v) is 7.01. The highest BCUT2D eigenvalue weighted by Gasteiger charge is 2.27. The van der Waals surface area contributed by atoms with E-state index in [0.717, 1.165) is 26.1 Å². The molecular weight excluding hydrogens is 224 g/mol. The van der Waals surface area contributed by atoms with Crippen LogP contribution in [0.5, 0.6) is 5.75 Å². The lowest BCUT2D eigenvalue weighted by molar-refractivity contribution is 0.147. The van der Waals surface area contributed by atoms with E-state index in [2.05, 4.69) is 36.2 Å². The number of aromatic hydroxyl groups is 1. The fourth-order valence-corrected chi connectivity index (χ4v) is 3.01. The van der Waals surface area contributed by atoms with Crippen molar-refractivity contribution in [1.82, 2.24) is 10.2 Å². The molecule has 0 radical (unpaired) electrons. The zero-order valence-corrected chi connectivity index (χ0v) is 11.4.